The molecule has 2 aromatic rings. The molecular weight excluding hydrogens is 244 g/mol. The van der Waals surface area contributed by atoms with Crippen LogP contribution in [0.4, 0.5) is 0 Å². The Morgan fingerprint density at radius 2 is 0.950 bits per heavy atom. The summed E-state index contributed by atoms with van der Waals surface area (Å²) in [6, 6.07) is 22.8. The fourth-order valence-corrected chi connectivity index (χ4v) is 1.41. The van der Waals surface area contributed by atoms with E-state index in [0.717, 1.165) is 11.1 Å². The van der Waals surface area contributed by atoms with E-state index in [4.69, 9.17) is 10.5 Å². The Morgan fingerprint density at radius 1 is 0.650 bits per heavy atom. The summed E-state index contributed by atoms with van der Waals surface area (Å²) in [4.78, 5) is 0. The normalized spacial score (nSPS) is 8.30. The highest BCUT2D eigenvalue weighted by Crippen LogP contribution is 2.09. The first kappa shape index (κ1) is 15.0. The molecule has 0 amide bonds. The summed E-state index contributed by atoms with van der Waals surface area (Å²) in [5.41, 5.74) is 2.82. The molecule has 0 atom stereocenters. The van der Waals surface area contributed by atoms with Gasteiger partial charge in [-0.2, -0.15) is 10.5 Å². The van der Waals surface area contributed by atoms with Gasteiger partial charge >= 0.3 is 0 Å². The van der Waals surface area contributed by atoms with Crippen molar-refractivity contribution in [3.05, 3.63) is 84.9 Å². The predicted octanol–water partition coefficient (Wildman–Crippen LogP) is 4.45. The second-order valence-corrected chi connectivity index (χ2v) is 3.91. The zero-order chi connectivity index (χ0) is 14.8. The van der Waals surface area contributed by atoms with E-state index in [9.17, 15) is 0 Å². The van der Waals surface area contributed by atoms with Gasteiger partial charge in [0, 0.05) is 0 Å². The Morgan fingerprint density at radius 3 is 1.20 bits per heavy atom. The molecule has 0 aliphatic rings. The van der Waals surface area contributed by atoms with Gasteiger partial charge in [0.15, 0.2) is 0 Å². The maximum absolute atomic E-state index is 8.44. The standard InChI is InChI=1S/2C9H7N/c2*1-8(7-10)9-5-3-2-4-6-9/h2*2-6H,1H2. The summed E-state index contributed by atoms with van der Waals surface area (Å²) in [6.45, 7) is 7.16. The van der Waals surface area contributed by atoms with Crippen molar-refractivity contribution in [1.29, 1.82) is 10.5 Å². The molecule has 2 rings (SSSR count). The molecular formula is C18H14N2. The lowest BCUT2D eigenvalue weighted by molar-refractivity contribution is 1.52. The monoisotopic (exact) mass is 258 g/mol. The van der Waals surface area contributed by atoms with Gasteiger partial charge in [-0.15, -0.1) is 0 Å². The Balaban J connectivity index is 0.000000200. The molecule has 0 saturated carbocycles. The van der Waals surface area contributed by atoms with E-state index < -0.39 is 0 Å². The van der Waals surface area contributed by atoms with E-state index in [0.29, 0.717) is 11.1 Å². The summed E-state index contributed by atoms with van der Waals surface area (Å²) >= 11 is 0. The predicted molar refractivity (Wildman–Crippen MR) is 82.2 cm³/mol. The van der Waals surface area contributed by atoms with E-state index in [-0.39, 0.29) is 0 Å². The molecule has 0 fully saturated rings. The van der Waals surface area contributed by atoms with E-state index in [2.05, 4.69) is 13.2 Å². The van der Waals surface area contributed by atoms with Gasteiger partial charge in [0.1, 0.15) is 0 Å². The van der Waals surface area contributed by atoms with Crippen molar-refractivity contribution in [2.24, 2.45) is 0 Å². The average Bonchev–Trinajstić information content (AvgIpc) is 2.55. The molecule has 96 valence electrons. The van der Waals surface area contributed by atoms with Gasteiger partial charge in [0.05, 0.1) is 23.3 Å². The molecule has 2 heteroatoms. The van der Waals surface area contributed by atoms with Crippen molar-refractivity contribution in [2.75, 3.05) is 0 Å². The topological polar surface area (TPSA) is 47.6 Å². The first-order valence-electron chi connectivity index (χ1n) is 5.98. The first-order valence-corrected chi connectivity index (χ1v) is 5.98. The summed E-state index contributed by atoms with van der Waals surface area (Å²) in [5.74, 6) is 0. The molecule has 2 aromatic carbocycles. The smallest absolute Gasteiger partial charge is 0.0991 e. The van der Waals surface area contributed by atoms with Crippen LogP contribution in [-0.4, -0.2) is 0 Å². The number of nitrogens with zero attached hydrogens (tertiary/aromatic N) is 2. The largest absolute Gasteiger partial charge is 0.192 e. The molecule has 0 aromatic heterocycles. The highest BCUT2D eigenvalue weighted by molar-refractivity contribution is 5.74. The van der Waals surface area contributed by atoms with E-state index in [1.54, 1.807) is 0 Å². The second-order valence-electron chi connectivity index (χ2n) is 3.91. The third-order valence-corrected chi connectivity index (χ3v) is 2.51. The molecule has 0 bridgehead atoms. The number of benzene rings is 2. The van der Waals surface area contributed by atoms with Crippen LogP contribution >= 0.6 is 0 Å². The minimum atomic E-state index is 0.514. The third kappa shape index (κ3) is 4.64. The number of hydrogen-bond donors (Lipinski definition) is 0. The number of allylic oxidation sites excluding steroid dienone is 2. The van der Waals surface area contributed by atoms with Crippen molar-refractivity contribution in [3.8, 4) is 12.1 Å². The van der Waals surface area contributed by atoms with Crippen LogP contribution in [0.2, 0.25) is 0 Å². The molecule has 0 spiro atoms. The van der Waals surface area contributed by atoms with Gasteiger partial charge in [0.2, 0.25) is 0 Å². The molecule has 20 heavy (non-hydrogen) atoms. The van der Waals surface area contributed by atoms with Gasteiger partial charge in [-0.3, -0.25) is 0 Å². The average molecular weight is 258 g/mol. The summed E-state index contributed by atoms with van der Waals surface area (Å²) in [7, 11) is 0. The maximum Gasteiger partial charge on any atom is 0.0991 e. The Hall–Kier alpha value is -3.10. The Kier molecular flexibility index (Phi) is 6.04. The molecule has 0 saturated heterocycles. The Bertz CT molecular complexity index is 595. The fraction of sp³-hybridized carbons (Fsp3) is 0. The fourth-order valence-electron chi connectivity index (χ4n) is 1.41. The van der Waals surface area contributed by atoms with Gasteiger partial charge in [0.25, 0.3) is 0 Å². The second kappa shape index (κ2) is 8.08. The van der Waals surface area contributed by atoms with Crippen LogP contribution in [0.1, 0.15) is 11.1 Å². The van der Waals surface area contributed by atoms with Crippen molar-refractivity contribution >= 4 is 11.1 Å². The molecule has 0 radical (unpaired) electrons. The third-order valence-electron chi connectivity index (χ3n) is 2.51. The van der Waals surface area contributed by atoms with Crippen LogP contribution in [0, 0.1) is 22.7 Å². The molecule has 0 aliphatic heterocycles. The lowest BCUT2D eigenvalue weighted by Crippen LogP contribution is -1.75. The molecule has 0 N–H and O–H groups in total. The SMILES string of the molecule is C=C(C#N)c1ccccc1.C=C(C#N)c1ccccc1. The number of rotatable bonds is 2. The minimum Gasteiger partial charge on any atom is -0.192 e. The first-order chi connectivity index (χ1) is 9.69. The lowest BCUT2D eigenvalue weighted by atomic mass is 10.1. The summed E-state index contributed by atoms with van der Waals surface area (Å²) < 4.78 is 0. The quantitative estimate of drug-likeness (QED) is 0.747. The number of hydrogen-bond acceptors (Lipinski definition) is 2. The highest BCUT2D eigenvalue weighted by atomic mass is 14.2. The molecule has 0 aliphatic carbocycles. The van der Waals surface area contributed by atoms with Crippen molar-refractivity contribution < 1.29 is 0 Å². The highest BCUT2D eigenvalue weighted by Gasteiger charge is 1.92. The number of nitriles is 2. The Labute approximate surface area is 119 Å². The zero-order valence-corrected chi connectivity index (χ0v) is 11.1. The lowest BCUT2D eigenvalue weighted by Gasteiger charge is -1.92. The summed E-state index contributed by atoms with van der Waals surface area (Å²) in [5, 5.41) is 16.9. The van der Waals surface area contributed by atoms with Crippen LogP contribution in [0.5, 0.6) is 0 Å². The molecule has 2 nitrogen and oxygen atoms in total. The van der Waals surface area contributed by atoms with Gasteiger partial charge in [-0.05, 0) is 11.1 Å². The maximum atomic E-state index is 8.44. The van der Waals surface area contributed by atoms with Crippen LogP contribution in [0.25, 0.3) is 11.1 Å². The van der Waals surface area contributed by atoms with Crippen LogP contribution in [-0.2, 0) is 0 Å². The van der Waals surface area contributed by atoms with Crippen molar-refractivity contribution in [3.63, 3.8) is 0 Å². The van der Waals surface area contributed by atoms with E-state index in [1.165, 1.54) is 0 Å². The van der Waals surface area contributed by atoms with Gasteiger partial charge in [-0.1, -0.05) is 73.8 Å². The van der Waals surface area contributed by atoms with Crippen LogP contribution in [0.15, 0.2) is 73.8 Å². The zero-order valence-electron chi connectivity index (χ0n) is 11.1. The minimum absolute atomic E-state index is 0.514. The molecule has 0 heterocycles. The molecule has 0 unspecified atom stereocenters. The van der Waals surface area contributed by atoms with E-state index >= 15 is 0 Å². The van der Waals surface area contributed by atoms with Gasteiger partial charge in [-0.25, -0.2) is 0 Å². The van der Waals surface area contributed by atoms with Crippen molar-refractivity contribution in [1.82, 2.24) is 0 Å². The van der Waals surface area contributed by atoms with Crippen LogP contribution < -0.4 is 0 Å². The summed E-state index contributed by atoms with van der Waals surface area (Å²) in [6.07, 6.45) is 0. The van der Waals surface area contributed by atoms with E-state index in [1.807, 2.05) is 72.8 Å². The van der Waals surface area contributed by atoms with Gasteiger partial charge < -0.3 is 0 Å². The van der Waals surface area contributed by atoms with Crippen molar-refractivity contribution in [2.45, 2.75) is 0 Å². The van der Waals surface area contributed by atoms with Crippen LogP contribution in [0.3, 0.4) is 0 Å².